The van der Waals surface area contributed by atoms with E-state index >= 15 is 0 Å². The molecule has 0 radical (unpaired) electrons. The Hall–Kier alpha value is -1.65. The van der Waals surface area contributed by atoms with Gasteiger partial charge in [0, 0.05) is 6.04 Å². The molecule has 102 valence electrons. The van der Waals surface area contributed by atoms with Gasteiger partial charge >= 0.3 is 0 Å². The summed E-state index contributed by atoms with van der Waals surface area (Å²) in [5.74, 6) is -1.44. The molecule has 0 saturated heterocycles. The van der Waals surface area contributed by atoms with E-state index in [0.29, 0.717) is 5.52 Å². The lowest BCUT2D eigenvalue weighted by Gasteiger charge is -2.19. The van der Waals surface area contributed by atoms with Crippen LogP contribution in [-0.4, -0.2) is 9.55 Å². The number of nitrogens with two attached hydrogens (primary N) is 1. The van der Waals surface area contributed by atoms with Gasteiger partial charge in [-0.1, -0.05) is 13.8 Å². The fourth-order valence-corrected chi connectivity index (χ4v) is 3.13. The molecule has 1 aromatic carbocycles. The molecule has 1 aliphatic rings. The molecule has 0 spiro atoms. The van der Waals surface area contributed by atoms with Gasteiger partial charge in [-0.2, -0.15) is 0 Å². The molecule has 0 amide bonds. The van der Waals surface area contributed by atoms with Crippen molar-refractivity contribution in [3.63, 3.8) is 0 Å². The van der Waals surface area contributed by atoms with E-state index in [1.165, 1.54) is 6.07 Å². The van der Waals surface area contributed by atoms with E-state index in [0.717, 1.165) is 25.3 Å². The number of hydrogen-bond donors (Lipinski definition) is 1. The zero-order chi connectivity index (χ0) is 13.8. The van der Waals surface area contributed by atoms with Gasteiger partial charge in [0.1, 0.15) is 5.52 Å². The fourth-order valence-electron chi connectivity index (χ4n) is 3.13. The van der Waals surface area contributed by atoms with Gasteiger partial charge in [0.25, 0.3) is 0 Å². The Bertz CT molecular complexity index is 646. The Morgan fingerprint density at radius 2 is 2.11 bits per heavy atom. The van der Waals surface area contributed by atoms with Gasteiger partial charge in [0.2, 0.25) is 5.95 Å². The number of fused-ring (bicyclic) bond motifs is 1. The van der Waals surface area contributed by atoms with E-state index in [1.54, 1.807) is 4.57 Å². The summed E-state index contributed by atoms with van der Waals surface area (Å²) in [6.45, 7) is 4.36. The van der Waals surface area contributed by atoms with Gasteiger partial charge in [-0.15, -0.1) is 0 Å². The number of imidazole rings is 1. The summed E-state index contributed by atoms with van der Waals surface area (Å²) in [5.41, 5.74) is 6.72. The molecule has 3 rings (SSSR count). The first kappa shape index (κ1) is 12.4. The molecule has 2 N–H and O–H groups in total. The summed E-state index contributed by atoms with van der Waals surface area (Å²) < 4.78 is 29.1. The molecule has 0 bridgehead atoms. The lowest BCUT2D eigenvalue weighted by atomic mass is 9.92. The summed E-state index contributed by atoms with van der Waals surface area (Å²) in [5, 5.41) is 0. The number of nitrogens with zero attached hydrogens (tertiary/aromatic N) is 2. The van der Waals surface area contributed by atoms with Crippen molar-refractivity contribution >= 4 is 17.0 Å². The Kier molecular flexibility index (Phi) is 2.56. The quantitative estimate of drug-likeness (QED) is 0.855. The minimum absolute atomic E-state index is 0.0938. The van der Waals surface area contributed by atoms with Gasteiger partial charge in [-0.05, 0) is 36.8 Å². The maximum atomic E-state index is 14.0. The minimum Gasteiger partial charge on any atom is -0.369 e. The number of benzene rings is 1. The second-order valence-electron chi connectivity index (χ2n) is 6.13. The van der Waals surface area contributed by atoms with Crippen LogP contribution >= 0.6 is 0 Å². The number of rotatable bonds is 1. The van der Waals surface area contributed by atoms with E-state index in [-0.39, 0.29) is 22.9 Å². The van der Waals surface area contributed by atoms with Crippen LogP contribution in [0, 0.1) is 17.0 Å². The number of anilines is 1. The van der Waals surface area contributed by atoms with Crippen LogP contribution in [0.3, 0.4) is 0 Å². The van der Waals surface area contributed by atoms with Crippen LogP contribution in [0.25, 0.3) is 11.0 Å². The summed E-state index contributed by atoms with van der Waals surface area (Å²) in [6.07, 6.45) is 2.87. The van der Waals surface area contributed by atoms with Crippen molar-refractivity contribution in [3.05, 3.63) is 23.8 Å². The predicted octanol–water partition coefficient (Wildman–Crippen LogP) is 3.65. The highest BCUT2D eigenvalue weighted by molar-refractivity contribution is 5.79. The molecule has 19 heavy (non-hydrogen) atoms. The van der Waals surface area contributed by atoms with Gasteiger partial charge in [-0.25, -0.2) is 13.8 Å². The molecule has 1 aromatic heterocycles. The van der Waals surface area contributed by atoms with Gasteiger partial charge in [0.05, 0.1) is 5.52 Å². The molecule has 1 fully saturated rings. The average molecular weight is 265 g/mol. The molecule has 1 atom stereocenters. The summed E-state index contributed by atoms with van der Waals surface area (Å²) >= 11 is 0. The average Bonchev–Trinajstić information content (AvgIpc) is 2.84. The monoisotopic (exact) mass is 265 g/mol. The normalized spacial score (nSPS) is 22.2. The third kappa shape index (κ3) is 1.88. The molecule has 5 heteroatoms. The summed E-state index contributed by atoms with van der Waals surface area (Å²) in [7, 11) is 0. The van der Waals surface area contributed by atoms with E-state index < -0.39 is 11.6 Å². The maximum absolute atomic E-state index is 14.0. The summed E-state index contributed by atoms with van der Waals surface area (Å²) in [6, 6.07) is 2.66. The highest BCUT2D eigenvalue weighted by atomic mass is 19.2. The van der Waals surface area contributed by atoms with Crippen LogP contribution in [-0.2, 0) is 0 Å². The van der Waals surface area contributed by atoms with Gasteiger partial charge < -0.3 is 10.3 Å². The van der Waals surface area contributed by atoms with E-state index in [9.17, 15) is 8.78 Å². The number of hydrogen-bond acceptors (Lipinski definition) is 2. The van der Waals surface area contributed by atoms with Crippen LogP contribution in [0.5, 0.6) is 0 Å². The second-order valence-corrected chi connectivity index (χ2v) is 6.13. The first-order chi connectivity index (χ1) is 8.89. The molecular formula is C14H17F2N3. The van der Waals surface area contributed by atoms with E-state index in [4.69, 9.17) is 5.73 Å². The van der Waals surface area contributed by atoms with E-state index in [1.807, 2.05) is 0 Å². The largest absolute Gasteiger partial charge is 0.369 e. The molecule has 1 saturated carbocycles. The SMILES string of the molecule is CC1(C)CCC(n2c(N)nc3ccc(F)c(F)c32)C1. The van der Waals surface area contributed by atoms with Crippen molar-refractivity contribution in [1.82, 2.24) is 9.55 Å². The van der Waals surface area contributed by atoms with Crippen LogP contribution in [0.1, 0.15) is 39.2 Å². The minimum atomic E-state index is -0.856. The van der Waals surface area contributed by atoms with Gasteiger partial charge in [-0.3, -0.25) is 0 Å². The topological polar surface area (TPSA) is 43.8 Å². The first-order valence-electron chi connectivity index (χ1n) is 6.50. The fraction of sp³-hybridized carbons (Fsp3) is 0.500. The third-order valence-corrected chi connectivity index (χ3v) is 4.08. The van der Waals surface area contributed by atoms with Crippen molar-refractivity contribution in [1.29, 1.82) is 0 Å². The van der Waals surface area contributed by atoms with Crippen LogP contribution in [0.4, 0.5) is 14.7 Å². The smallest absolute Gasteiger partial charge is 0.201 e. The molecule has 3 nitrogen and oxygen atoms in total. The van der Waals surface area contributed by atoms with Crippen molar-refractivity contribution in [3.8, 4) is 0 Å². The maximum Gasteiger partial charge on any atom is 0.201 e. The van der Waals surface area contributed by atoms with Crippen molar-refractivity contribution in [2.45, 2.75) is 39.2 Å². The van der Waals surface area contributed by atoms with Crippen molar-refractivity contribution in [2.75, 3.05) is 5.73 Å². The molecule has 1 aliphatic carbocycles. The third-order valence-electron chi connectivity index (χ3n) is 4.08. The Balaban J connectivity index is 2.18. The zero-order valence-corrected chi connectivity index (χ0v) is 11.1. The van der Waals surface area contributed by atoms with Crippen molar-refractivity contribution < 1.29 is 8.78 Å². The molecule has 1 heterocycles. The molecule has 1 unspecified atom stereocenters. The first-order valence-corrected chi connectivity index (χ1v) is 6.50. The van der Waals surface area contributed by atoms with Crippen LogP contribution in [0.2, 0.25) is 0 Å². The van der Waals surface area contributed by atoms with E-state index in [2.05, 4.69) is 18.8 Å². The highest BCUT2D eigenvalue weighted by Gasteiger charge is 2.34. The Labute approximate surface area is 110 Å². The molecular weight excluding hydrogens is 248 g/mol. The lowest BCUT2D eigenvalue weighted by Crippen LogP contribution is -2.12. The Morgan fingerprint density at radius 3 is 2.74 bits per heavy atom. The van der Waals surface area contributed by atoms with Crippen LogP contribution < -0.4 is 5.73 Å². The standard InChI is InChI=1S/C14H17F2N3/c1-14(2)6-5-8(7-14)19-12-10(18-13(19)17)4-3-9(15)11(12)16/h3-4,8H,5-7H2,1-2H3,(H2,17,18). The number of nitrogen functional groups attached to an aromatic ring is 1. The zero-order valence-electron chi connectivity index (χ0n) is 11.1. The number of aromatic nitrogens is 2. The number of halogens is 2. The second kappa shape index (κ2) is 3.92. The lowest BCUT2D eigenvalue weighted by molar-refractivity contribution is 0.361. The van der Waals surface area contributed by atoms with Gasteiger partial charge in [0.15, 0.2) is 11.6 Å². The highest BCUT2D eigenvalue weighted by Crippen LogP contribution is 2.45. The molecule has 0 aliphatic heterocycles. The summed E-state index contributed by atoms with van der Waals surface area (Å²) in [4.78, 5) is 4.14. The molecule has 2 aromatic rings. The van der Waals surface area contributed by atoms with Crippen LogP contribution in [0.15, 0.2) is 12.1 Å². The predicted molar refractivity (Wildman–Crippen MR) is 70.7 cm³/mol. The Morgan fingerprint density at radius 1 is 1.37 bits per heavy atom. The van der Waals surface area contributed by atoms with Crippen molar-refractivity contribution in [2.24, 2.45) is 5.41 Å².